The minimum Gasteiger partial charge on any atom is -0.380 e. The van der Waals surface area contributed by atoms with Crippen LogP contribution in [0.1, 0.15) is 18.0 Å². The van der Waals surface area contributed by atoms with Crippen molar-refractivity contribution in [2.45, 2.75) is 12.3 Å². The molecule has 1 fully saturated rings. The number of carbonyl (C=O) groups excluding carboxylic acids is 1. The van der Waals surface area contributed by atoms with Crippen molar-refractivity contribution in [3.63, 3.8) is 0 Å². The maximum Gasteiger partial charge on any atom is 0.146 e. The molecule has 1 aromatic heterocycles. The molecule has 1 saturated heterocycles. The van der Waals surface area contributed by atoms with E-state index < -0.39 is 0 Å². The van der Waals surface area contributed by atoms with Gasteiger partial charge in [0.2, 0.25) is 0 Å². The van der Waals surface area contributed by atoms with E-state index in [1.807, 2.05) is 0 Å². The zero-order valence-corrected chi connectivity index (χ0v) is 9.03. The van der Waals surface area contributed by atoms with E-state index in [0.29, 0.717) is 29.9 Å². The van der Waals surface area contributed by atoms with Crippen molar-refractivity contribution in [1.29, 1.82) is 0 Å². The summed E-state index contributed by atoms with van der Waals surface area (Å²) >= 11 is 3.19. The Balaban J connectivity index is 2.20. The summed E-state index contributed by atoms with van der Waals surface area (Å²) in [5.74, 6) is -0.0442. The molecule has 1 aromatic rings. The topological polar surface area (TPSA) is 52.1 Å². The average molecular weight is 257 g/mol. The molecular formula is C9H9BrN2O2. The van der Waals surface area contributed by atoms with Gasteiger partial charge in [-0.15, -0.1) is 5.10 Å². The third-order valence-electron chi connectivity index (χ3n) is 2.18. The molecule has 5 heteroatoms. The van der Waals surface area contributed by atoms with Crippen molar-refractivity contribution in [3.05, 3.63) is 22.4 Å². The number of hydrogen-bond acceptors (Lipinski definition) is 4. The second kappa shape index (κ2) is 4.14. The fourth-order valence-electron chi connectivity index (χ4n) is 1.40. The number of halogens is 1. The highest BCUT2D eigenvalue weighted by Crippen LogP contribution is 2.20. The van der Waals surface area contributed by atoms with E-state index in [1.165, 1.54) is 0 Å². The maximum atomic E-state index is 11.5. The van der Waals surface area contributed by atoms with Crippen molar-refractivity contribution in [2.24, 2.45) is 0 Å². The van der Waals surface area contributed by atoms with E-state index >= 15 is 0 Å². The van der Waals surface area contributed by atoms with Gasteiger partial charge in [0, 0.05) is 6.42 Å². The molecule has 1 atom stereocenters. The highest BCUT2D eigenvalue weighted by Gasteiger charge is 2.25. The van der Waals surface area contributed by atoms with Gasteiger partial charge in [0.15, 0.2) is 0 Å². The second-order valence-electron chi connectivity index (χ2n) is 3.12. The summed E-state index contributed by atoms with van der Waals surface area (Å²) in [5, 5.41) is 7.80. The van der Waals surface area contributed by atoms with Crippen molar-refractivity contribution >= 4 is 21.7 Å². The van der Waals surface area contributed by atoms with Crippen LogP contribution in [0.15, 0.2) is 16.7 Å². The Morgan fingerprint density at radius 1 is 1.43 bits per heavy atom. The number of hydrogen-bond donors (Lipinski definition) is 0. The number of rotatable bonds is 1. The lowest BCUT2D eigenvalue weighted by Crippen LogP contribution is -2.26. The van der Waals surface area contributed by atoms with E-state index in [-0.39, 0.29) is 11.7 Å². The lowest BCUT2D eigenvalue weighted by Gasteiger charge is -2.19. The minimum atomic E-state index is -0.232. The fourth-order valence-corrected chi connectivity index (χ4v) is 1.62. The Hall–Kier alpha value is -0.810. The SMILES string of the molecule is O=C1CCOCC1c1ccc(Br)nn1. The first-order chi connectivity index (χ1) is 6.77. The summed E-state index contributed by atoms with van der Waals surface area (Å²) in [7, 11) is 0. The van der Waals surface area contributed by atoms with Crippen LogP contribution in [0.2, 0.25) is 0 Å². The molecule has 0 N–H and O–H groups in total. The first kappa shape index (κ1) is 9.73. The van der Waals surface area contributed by atoms with Crippen molar-refractivity contribution in [1.82, 2.24) is 10.2 Å². The van der Waals surface area contributed by atoms with Crippen LogP contribution in [0.3, 0.4) is 0 Å². The normalized spacial score (nSPS) is 22.4. The van der Waals surface area contributed by atoms with Gasteiger partial charge in [0.05, 0.1) is 24.8 Å². The highest BCUT2D eigenvalue weighted by atomic mass is 79.9. The summed E-state index contributed by atoms with van der Waals surface area (Å²) in [6.07, 6.45) is 0.475. The Kier molecular flexibility index (Phi) is 2.88. The van der Waals surface area contributed by atoms with Crippen molar-refractivity contribution in [2.75, 3.05) is 13.2 Å². The lowest BCUT2D eigenvalue weighted by atomic mass is 9.97. The Morgan fingerprint density at radius 3 is 2.93 bits per heavy atom. The number of ketones is 1. The Morgan fingerprint density at radius 2 is 2.29 bits per heavy atom. The van der Waals surface area contributed by atoms with Crippen LogP contribution < -0.4 is 0 Å². The molecule has 0 amide bonds. The summed E-state index contributed by atoms with van der Waals surface area (Å²) in [4.78, 5) is 11.5. The second-order valence-corrected chi connectivity index (χ2v) is 3.94. The van der Waals surface area contributed by atoms with Crippen LogP contribution in [0.5, 0.6) is 0 Å². The fraction of sp³-hybridized carbons (Fsp3) is 0.444. The number of ether oxygens (including phenoxy) is 1. The van der Waals surface area contributed by atoms with Crippen LogP contribution in [-0.2, 0) is 9.53 Å². The zero-order chi connectivity index (χ0) is 9.97. The molecule has 0 saturated carbocycles. The molecule has 1 aliphatic rings. The molecule has 2 rings (SSSR count). The van der Waals surface area contributed by atoms with Crippen LogP contribution in [0.4, 0.5) is 0 Å². The lowest BCUT2D eigenvalue weighted by molar-refractivity contribution is -0.126. The predicted octanol–water partition coefficient (Wildman–Crippen LogP) is 1.31. The summed E-state index contributed by atoms with van der Waals surface area (Å²) in [6, 6.07) is 3.58. The van der Waals surface area contributed by atoms with E-state index in [0.717, 1.165) is 0 Å². The van der Waals surface area contributed by atoms with Gasteiger partial charge in [-0.2, -0.15) is 5.10 Å². The van der Waals surface area contributed by atoms with Gasteiger partial charge in [-0.25, -0.2) is 0 Å². The largest absolute Gasteiger partial charge is 0.380 e. The molecular weight excluding hydrogens is 248 g/mol. The summed E-state index contributed by atoms with van der Waals surface area (Å²) in [6.45, 7) is 0.953. The van der Waals surface area contributed by atoms with Gasteiger partial charge in [-0.1, -0.05) is 0 Å². The standard InChI is InChI=1S/C9H9BrN2O2/c10-9-2-1-7(11-12-9)6-5-14-4-3-8(6)13/h1-2,6H,3-5H2. The van der Waals surface area contributed by atoms with Gasteiger partial charge >= 0.3 is 0 Å². The number of Topliss-reactive ketones (excluding diaryl/α,β-unsaturated/α-hetero) is 1. The molecule has 0 radical (unpaired) electrons. The average Bonchev–Trinajstić information content (AvgIpc) is 2.20. The van der Waals surface area contributed by atoms with Gasteiger partial charge < -0.3 is 4.74 Å². The quantitative estimate of drug-likeness (QED) is 0.761. The third kappa shape index (κ3) is 1.99. The van der Waals surface area contributed by atoms with Crippen molar-refractivity contribution < 1.29 is 9.53 Å². The molecule has 4 nitrogen and oxygen atoms in total. The van der Waals surface area contributed by atoms with Gasteiger partial charge in [-0.05, 0) is 28.1 Å². The van der Waals surface area contributed by atoms with E-state index in [1.54, 1.807) is 12.1 Å². The van der Waals surface area contributed by atoms with Crippen LogP contribution in [0.25, 0.3) is 0 Å². The molecule has 1 aliphatic heterocycles. The zero-order valence-electron chi connectivity index (χ0n) is 7.44. The van der Waals surface area contributed by atoms with Gasteiger partial charge in [0.1, 0.15) is 10.4 Å². The highest BCUT2D eigenvalue weighted by molar-refractivity contribution is 9.10. The van der Waals surface area contributed by atoms with Crippen molar-refractivity contribution in [3.8, 4) is 0 Å². The minimum absolute atomic E-state index is 0.188. The molecule has 0 aromatic carbocycles. The summed E-state index contributed by atoms with van der Waals surface area (Å²) in [5.41, 5.74) is 0.693. The third-order valence-corrected chi connectivity index (χ3v) is 2.60. The number of aromatic nitrogens is 2. The number of nitrogens with zero attached hydrogens (tertiary/aromatic N) is 2. The molecule has 2 heterocycles. The molecule has 1 unspecified atom stereocenters. The first-order valence-corrected chi connectivity index (χ1v) is 5.16. The van der Waals surface area contributed by atoms with Crippen LogP contribution >= 0.6 is 15.9 Å². The maximum absolute atomic E-state index is 11.5. The number of carbonyl (C=O) groups is 1. The predicted molar refractivity (Wildman–Crippen MR) is 52.9 cm³/mol. The molecule has 14 heavy (non-hydrogen) atoms. The van der Waals surface area contributed by atoms with E-state index in [9.17, 15) is 4.79 Å². The van der Waals surface area contributed by atoms with E-state index in [4.69, 9.17) is 4.74 Å². The Labute approximate surface area is 89.8 Å². The molecule has 0 bridgehead atoms. The first-order valence-electron chi connectivity index (χ1n) is 4.37. The van der Waals surface area contributed by atoms with Gasteiger partial charge in [0.25, 0.3) is 0 Å². The smallest absolute Gasteiger partial charge is 0.146 e. The monoisotopic (exact) mass is 256 g/mol. The molecule has 0 aliphatic carbocycles. The summed E-state index contributed by atoms with van der Waals surface area (Å²) < 4.78 is 5.91. The van der Waals surface area contributed by atoms with E-state index in [2.05, 4.69) is 26.1 Å². The molecule has 74 valence electrons. The van der Waals surface area contributed by atoms with Crippen LogP contribution in [0, 0.1) is 0 Å². The Bertz CT molecular complexity index is 339. The molecule has 0 spiro atoms. The van der Waals surface area contributed by atoms with Crippen LogP contribution in [-0.4, -0.2) is 29.2 Å². The van der Waals surface area contributed by atoms with Gasteiger partial charge in [-0.3, -0.25) is 4.79 Å².